The first-order valence-corrected chi connectivity index (χ1v) is 8.16. The van der Waals surface area contributed by atoms with Crippen LogP contribution in [-0.4, -0.2) is 24.2 Å². The quantitative estimate of drug-likeness (QED) is 0.837. The van der Waals surface area contributed by atoms with Gasteiger partial charge in [-0.2, -0.15) is 0 Å². The topological polar surface area (TPSA) is 34.1 Å². The van der Waals surface area contributed by atoms with Gasteiger partial charge in [0.05, 0.1) is 16.8 Å². The maximum absolute atomic E-state index is 5.58. The molecule has 0 bridgehead atoms. The van der Waals surface area contributed by atoms with Gasteiger partial charge in [0, 0.05) is 24.9 Å². The molecule has 2 atom stereocenters. The predicted molar refractivity (Wildman–Crippen MR) is 86.3 cm³/mol. The number of nitrogens with one attached hydrogen (secondary N) is 1. The number of nitrogens with zero attached hydrogens (tertiary/aromatic N) is 1. The molecule has 1 N–H and O–H groups in total. The molecule has 2 aromatic heterocycles. The minimum Gasteiger partial charge on any atom is -0.380 e. The predicted octanol–water partition coefficient (Wildman–Crippen LogP) is 4.01. The van der Waals surface area contributed by atoms with Crippen LogP contribution in [0.4, 0.5) is 0 Å². The van der Waals surface area contributed by atoms with Crippen molar-refractivity contribution in [1.82, 2.24) is 10.3 Å². The van der Waals surface area contributed by atoms with E-state index in [1.54, 1.807) is 11.3 Å². The highest BCUT2D eigenvalue weighted by Crippen LogP contribution is 2.23. The summed E-state index contributed by atoms with van der Waals surface area (Å²) in [5.74, 6) is 0.544. The van der Waals surface area contributed by atoms with E-state index in [-0.39, 0.29) is 6.04 Å². The van der Waals surface area contributed by atoms with Crippen LogP contribution in [0.5, 0.6) is 0 Å². The summed E-state index contributed by atoms with van der Waals surface area (Å²) in [6, 6.07) is 4.95. The normalized spacial score (nSPS) is 14.8. The van der Waals surface area contributed by atoms with Crippen molar-refractivity contribution < 1.29 is 4.74 Å². The molecule has 20 heavy (non-hydrogen) atoms. The van der Waals surface area contributed by atoms with Crippen LogP contribution < -0.4 is 5.32 Å². The molecule has 2 aromatic rings. The average molecular weight is 292 g/mol. The lowest BCUT2D eigenvalue weighted by molar-refractivity contribution is 0.104. The summed E-state index contributed by atoms with van der Waals surface area (Å²) in [5.41, 5.74) is 2.32. The van der Waals surface area contributed by atoms with Crippen LogP contribution in [0.2, 0.25) is 0 Å². The second kappa shape index (κ2) is 7.16. The third-order valence-corrected chi connectivity index (χ3v) is 4.45. The molecule has 0 aliphatic heterocycles. The summed E-state index contributed by atoms with van der Waals surface area (Å²) in [4.78, 5) is 4.52. The highest BCUT2D eigenvalue weighted by atomic mass is 32.1. The van der Waals surface area contributed by atoms with Crippen LogP contribution in [0.25, 0.3) is 10.2 Å². The van der Waals surface area contributed by atoms with Crippen molar-refractivity contribution in [3.8, 4) is 0 Å². The molecule has 110 valence electrons. The minimum atomic E-state index is 0.279. The van der Waals surface area contributed by atoms with E-state index in [0.29, 0.717) is 12.0 Å². The minimum absolute atomic E-state index is 0.279. The van der Waals surface area contributed by atoms with E-state index in [2.05, 4.69) is 48.6 Å². The highest BCUT2D eigenvalue weighted by molar-refractivity contribution is 7.17. The summed E-state index contributed by atoms with van der Waals surface area (Å²) >= 11 is 1.74. The molecule has 0 spiro atoms. The maximum Gasteiger partial charge on any atom is 0.0809 e. The van der Waals surface area contributed by atoms with Crippen LogP contribution in [0.3, 0.4) is 0 Å². The summed E-state index contributed by atoms with van der Waals surface area (Å²) < 4.78 is 6.83. The maximum atomic E-state index is 5.58. The summed E-state index contributed by atoms with van der Waals surface area (Å²) in [7, 11) is 0. The van der Waals surface area contributed by atoms with Gasteiger partial charge >= 0.3 is 0 Å². The fourth-order valence-electron chi connectivity index (χ4n) is 2.19. The van der Waals surface area contributed by atoms with Crippen LogP contribution in [0.1, 0.15) is 39.3 Å². The van der Waals surface area contributed by atoms with Gasteiger partial charge in [0.2, 0.25) is 0 Å². The van der Waals surface area contributed by atoms with Gasteiger partial charge in [0.15, 0.2) is 0 Å². The molecule has 0 aromatic carbocycles. The first-order valence-electron chi connectivity index (χ1n) is 7.28. The van der Waals surface area contributed by atoms with E-state index >= 15 is 0 Å². The van der Waals surface area contributed by atoms with Gasteiger partial charge in [0.1, 0.15) is 0 Å². The first-order chi connectivity index (χ1) is 9.61. The molecule has 0 fully saturated rings. The molecule has 2 rings (SSSR count). The standard InChI is InChI=1S/C16H24N2OS/c1-5-19-10-15(11(2)3)18-12(4)13-8-16-14(17-9-13)6-7-20-16/h6-9,11-12,15,18H,5,10H2,1-4H3. The molecule has 3 nitrogen and oxygen atoms in total. The van der Waals surface area contributed by atoms with E-state index in [1.165, 1.54) is 10.3 Å². The van der Waals surface area contributed by atoms with Crippen molar-refractivity contribution in [3.05, 3.63) is 29.3 Å². The van der Waals surface area contributed by atoms with Gasteiger partial charge in [-0.05, 0) is 42.8 Å². The Morgan fingerprint density at radius 3 is 2.85 bits per heavy atom. The zero-order valence-corrected chi connectivity index (χ0v) is 13.5. The van der Waals surface area contributed by atoms with E-state index in [9.17, 15) is 0 Å². The molecule has 0 aliphatic rings. The van der Waals surface area contributed by atoms with E-state index < -0.39 is 0 Å². The van der Waals surface area contributed by atoms with Crippen molar-refractivity contribution in [1.29, 1.82) is 0 Å². The monoisotopic (exact) mass is 292 g/mol. The van der Waals surface area contributed by atoms with Gasteiger partial charge < -0.3 is 10.1 Å². The molecule has 0 saturated heterocycles. The second-order valence-electron chi connectivity index (χ2n) is 5.47. The molecule has 2 unspecified atom stereocenters. The molecular formula is C16H24N2OS. The molecule has 0 saturated carbocycles. The van der Waals surface area contributed by atoms with Gasteiger partial charge in [0.25, 0.3) is 0 Å². The summed E-state index contributed by atoms with van der Waals surface area (Å²) in [6.07, 6.45) is 1.98. The van der Waals surface area contributed by atoms with Gasteiger partial charge in [-0.3, -0.25) is 4.98 Å². The first kappa shape index (κ1) is 15.4. The zero-order chi connectivity index (χ0) is 14.5. The number of hydrogen-bond acceptors (Lipinski definition) is 4. The Labute approximate surface area is 125 Å². The number of hydrogen-bond donors (Lipinski definition) is 1. The third kappa shape index (κ3) is 3.78. The molecule has 2 heterocycles. The number of rotatable bonds is 7. The summed E-state index contributed by atoms with van der Waals surface area (Å²) in [5, 5.41) is 5.75. The fraction of sp³-hybridized carbons (Fsp3) is 0.562. The number of thiophene rings is 1. The molecular weight excluding hydrogens is 268 g/mol. The highest BCUT2D eigenvalue weighted by Gasteiger charge is 2.17. The molecule has 0 amide bonds. The smallest absolute Gasteiger partial charge is 0.0809 e. The Morgan fingerprint density at radius 2 is 2.15 bits per heavy atom. The van der Waals surface area contributed by atoms with Crippen LogP contribution in [0, 0.1) is 5.92 Å². The van der Waals surface area contributed by atoms with Crippen molar-refractivity contribution >= 4 is 21.6 Å². The Hall–Kier alpha value is -0.970. The van der Waals surface area contributed by atoms with Crippen LogP contribution in [-0.2, 0) is 4.74 Å². The fourth-order valence-corrected chi connectivity index (χ4v) is 2.98. The van der Waals surface area contributed by atoms with Crippen molar-refractivity contribution in [2.24, 2.45) is 5.92 Å². The Balaban J connectivity index is 2.06. The van der Waals surface area contributed by atoms with Crippen molar-refractivity contribution in [2.75, 3.05) is 13.2 Å². The zero-order valence-electron chi connectivity index (χ0n) is 12.7. The number of ether oxygens (including phenoxy) is 1. The Bertz CT molecular complexity index is 538. The lowest BCUT2D eigenvalue weighted by atomic mass is 10.0. The van der Waals surface area contributed by atoms with Crippen molar-refractivity contribution in [3.63, 3.8) is 0 Å². The Kier molecular flexibility index (Phi) is 5.52. The van der Waals surface area contributed by atoms with Gasteiger partial charge in [-0.25, -0.2) is 0 Å². The Morgan fingerprint density at radius 1 is 1.35 bits per heavy atom. The lowest BCUT2D eigenvalue weighted by Gasteiger charge is -2.26. The van der Waals surface area contributed by atoms with E-state index in [0.717, 1.165) is 18.7 Å². The summed E-state index contributed by atoms with van der Waals surface area (Å²) in [6.45, 7) is 10.2. The lowest BCUT2D eigenvalue weighted by Crippen LogP contribution is -2.39. The second-order valence-corrected chi connectivity index (χ2v) is 6.42. The van der Waals surface area contributed by atoms with Gasteiger partial charge in [-0.15, -0.1) is 11.3 Å². The number of fused-ring (bicyclic) bond motifs is 1. The third-order valence-electron chi connectivity index (χ3n) is 3.59. The van der Waals surface area contributed by atoms with E-state index in [1.807, 2.05) is 13.1 Å². The average Bonchev–Trinajstić information content (AvgIpc) is 2.90. The van der Waals surface area contributed by atoms with Crippen molar-refractivity contribution in [2.45, 2.75) is 39.8 Å². The number of pyridine rings is 1. The molecule has 0 aliphatic carbocycles. The van der Waals surface area contributed by atoms with Gasteiger partial charge in [-0.1, -0.05) is 13.8 Å². The SMILES string of the molecule is CCOCC(NC(C)c1cnc2ccsc2c1)C(C)C. The number of aromatic nitrogens is 1. The van der Waals surface area contributed by atoms with E-state index in [4.69, 9.17) is 4.74 Å². The molecule has 4 heteroatoms. The van der Waals surface area contributed by atoms with Crippen LogP contribution in [0.15, 0.2) is 23.7 Å². The van der Waals surface area contributed by atoms with Crippen LogP contribution >= 0.6 is 11.3 Å². The molecule has 0 radical (unpaired) electrons. The largest absolute Gasteiger partial charge is 0.380 e.